The number of para-hydroxylation sites is 1. The Bertz CT molecular complexity index is 319. The lowest BCUT2D eigenvalue weighted by atomic mass is 10.2. The summed E-state index contributed by atoms with van der Waals surface area (Å²) in [6.45, 7) is 0.671. The van der Waals surface area contributed by atoms with Gasteiger partial charge in [-0.25, -0.2) is 0 Å². The van der Waals surface area contributed by atoms with Crippen molar-refractivity contribution in [3.05, 3.63) is 28.7 Å². The van der Waals surface area contributed by atoms with Crippen LogP contribution in [0.2, 0.25) is 0 Å². The van der Waals surface area contributed by atoms with E-state index in [1.165, 1.54) is 0 Å². The minimum absolute atomic E-state index is 0.610. The van der Waals surface area contributed by atoms with Gasteiger partial charge < -0.3 is 4.74 Å². The Kier molecular flexibility index (Phi) is 5.09. The molecule has 1 aromatic carbocycles. The van der Waals surface area contributed by atoms with Gasteiger partial charge in [-0.2, -0.15) is 5.26 Å². The van der Waals surface area contributed by atoms with Gasteiger partial charge in [-0.15, -0.1) is 0 Å². The molecule has 0 amide bonds. The van der Waals surface area contributed by atoms with Crippen molar-refractivity contribution in [3.63, 3.8) is 0 Å². The highest BCUT2D eigenvalue weighted by atomic mass is 79.9. The van der Waals surface area contributed by atoms with E-state index in [1.807, 2.05) is 24.3 Å². The van der Waals surface area contributed by atoms with E-state index in [1.54, 1.807) is 0 Å². The van der Waals surface area contributed by atoms with Crippen molar-refractivity contribution in [3.8, 4) is 11.8 Å². The lowest BCUT2D eigenvalue weighted by molar-refractivity contribution is 0.306. The summed E-state index contributed by atoms with van der Waals surface area (Å²) in [5.41, 5.74) is 0. The molecule has 1 aromatic rings. The Morgan fingerprint density at radius 2 is 2.07 bits per heavy atom. The summed E-state index contributed by atoms with van der Waals surface area (Å²) in [7, 11) is 0. The summed E-state index contributed by atoms with van der Waals surface area (Å²) >= 11 is 3.40. The van der Waals surface area contributed by atoms with Crippen LogP contribution in [0, 0.1) is 11.3 Å². The average Bonchev–Trinajstić information content (AvgIpc) is 2.20. The molecule has 74 valence electrons. The van der Waals surface area contributed by atoms with Crippen molar-refractivity contribution in [2.75, 3.05) is 6.61 Å². The molecule has 0 aliphatic heterocycles. The van der Waals surface area contributed by atoms with Crippen LogP contribution in [0.5, 0.6) is 5.75 Å². The molecule has 1 rings (SSSR count). The molecule has 0 heterocycles. The highest BCUT2D eigenvalue weighted by Gasteiger charge is 1.97. The first kappa shape index (κ1) is 11.1. The van der Waals surface area contributed by atoms with E-state index in [9.17, 15) is 0 Å². The molecule has 0 saturated carbocycles. The zero-order valence-corrected chi connectivity index (χ0v) is 9.46. The molecule has 0 bridgehead atoms. The number of benzene rings is 1. The van der Waals surface area contributed by atoms with Gasteiger partial charge in [-0.3, -0.25) is 0 Å². The molecule has 14 heavy (non-hydrogen) atoms. The molecule has 0 aromatic heterocycles. The van der Waals surface area contributed by atoms with Crippen molar-refractivity contribution >= 4 is 15.9 Å². The van der Waals surface area contributed by atoms with Crippen molar-refractivity contribution in [1.82, 2.24) is 0 Å². The third-order valence-corrected chi connectivity index (χ3v) is 2.43. The Balaban J connectivity index is 2.25. The third kappa shape index (κ3) is 3.80. The zero-order valence-electron chi connectivity index (χ0n) is 7.87. The van der Waals surface area contributed by atoms with Crippen LogP contribution in [-0.2, 0) is 0 Å². The van der Waals surface area contributed by atoms with E-state index < -0.39 is 0 Å². The van der Waals surface area contributed by atoms with Gasteiger partial charge in [0.1, 0.15) is 5.75 Å². The molecule has 0 aliphatic carbocycles. The SMILES string of the molecule is N#CCCCCOc1ccccc1Br. The number of halogens is 1. The molecule has 0 saturated heterocycles. The van der Waals surface area contributed by atoms with Gasteiger partial charge in [0, 0.05) is 6.42 Å². The number of unbranched alkanes of at least 4 members (excludes halogenated alkanes) is 2. The van der Waals surface area contributed by atoms with E-state index in [0.717, 1.165) is 23.1 Å². The standard InChI is InChI=1S/C11H12BrNO/c12-10-6-2-3-7-11(10)14-9-5-1-4-8-13/h2-3,6-7H,1,4-5,9H2. The lowest BCUT2D eigenvalue weighted by Gasteiger charge is -2.06. The maximum absolute atomic E-state index is 8.33. The minimum Gasteiger partial charge on any atom is -0.492 e. The topological polar surface area (TPSA) is 33.0 Å². The molecule has 2 nitrogen and oxygen atoms in total. The number of hydrogen-bond donors (Lipinski definition) is 0. The fraction of sp³-hybridized carbons (Fsp3) is 0.364. The fourth-order valence-corrected chi connectivity index (χ4v) is 1.45. The van der Waals surface area contributed by atoms with Crippen LogP contribution in [0.3, 0.4) is 0 Å². The third-order valence-electron chi connectivity index (χ3n) is 1.78. The minimum atomic E-state index is 0.610. The van der Waals surface area contributed by atoms with Crippen LogP contribution in [0.4, 0.5) is 0 Å². The number of nitrogens with zero attached hydrogens (tertiary/aromatic N) is 1. The summed E-state index contributed by atoms with van der Waals surface area (Å²) in [5, 5.41) is 8.33. The summed E-state index contributed by atoms with van der Waals surface area (Å²) in [4.78, 5) is 0. The smallest absolute Gasteiger partial charge is 0.133 e. The Hall–Kier alpha value is -1.01. The van der Waals surface area contributed by atoms with Gasteiger partial charge in [-0.05, 0) is 40.9 Å². The van der Waals surface area contributed by atoms with Crippen LogP contribution >= 0.6 is 15.9 Å². The highest BCUT2D eigenvalue weighted by Crippen LogP contribution is 2.23. The molecule has 0 aliphatic rings. The normalized spacial score (nSPS) is 9.43. The van der Waals surface area contributed by atoms with Crippen LogP contribution in [0.15, 0.2) is 28.7 Å². The van der Waals surface area contributed by atoms with Gasteiger partial charge in [0.25, 0.3) is 0 Å². The van der Waals surface area contributed by atoms with Crippen LogP contribution in [0.25, 0.3) is 0 Å². The van der Waals surface area contributed by atoms with Crippen molar-refractivity contribution < 1.29 is 4.74 Å². The van der Waals surface area contributed by atoms with Crippen molar-refractivity contribution in [2.24, 2.45) is 0 Å². The lowest BCUT2D eigenvalue weighted by Crippen LogP contribution is -1.97. The first-order valence-corrected chi connectivity index (χ1v) is 5.38. The second-order valence-electron chi connectivity index (χ2n) is 2.89. The molecular weight excluding hydrogens is 242 g/mol. The second kappa shape index (κ2) is 6.44. The maximum Gasteiger partial charge on any atom is 0.133 e. The van der Waals surface area contributed by atoms with Crippen LogP contribution < -0.4 is 4.74 Å². The molecular formula is C11H12BrNO. The first-order chi connectivity index (χ1) is 6.84. The van der Waals surface area contributed by atoms with Gasteiger partial charge in [-0.1, -0.05) is 12.1 Å². The van der Waals surface area contributed by atoms with Crippen molar-refractivity contribution in [2.45, 2.75) is 19.3 Å². The maximum atomic E-state index is 8.33. The van der Waals surface area contributed by atoms with Gasteiger partial charge in [0.2, 0.25) is 0 Å². The summed E-state index contributed by atoms with van der Waals surface area (Å²) in [6.07, 6.45) is 2.44. The van der Waals surface area contributed by atoms with Crippen LogP contribution in [-0.4, -0.2) is 6.61 Å². The van der Waals surface area contributed by atoms with E-state index in [2.05, 4.69) is 22.0 Å². The summed E-state index contributed by atoms with van der Waals surface area (Å²) in [6, 6.07) is 9.88. The zero-order chi connectivity index (χ0) is 10.2. The molecule has 0 radical (unpaired) electrons. The summed E-state index contributed by atoms with van der Waals surface area (Å²) in [5.74, 6) is 0.865. The molecule has 0 atom stereocenters. The highest BCUT2D eigenvalue weighted by molar-refractivity contribution is 9.10. The largest absolute Gasteiger partial charge is 0.492 e. The van der Waals surface area contributed by atoms with E-state index >= 15 is 0 Å². The monoisotopic (exact) mass is 253 g/mol. The van der Waals surface area contributed by atoms with Crippen molar-refractivity contribution in [1.29, 1.82) is 5.26 Å². The van der Waals surface area contributed by atoms with E-state index in [0.29, 0.717) is 13.0 Å². The van der Waals surface area contributed by atoms with Crippen LogP contribution in [0.1, 0.15) is 19.3 Å². The Morgan fingerprint density at radius 1 is 1.29 bits per heavy atom. The van der Waals surface area contributed by atoms with Gasteiger partial charge in [0.15, 0.2) is 0 Å². The molecule has 0 fully saturated rings. The predicted octanol–water partition coefficient (Wildman–Crippen LogP) is 3.52. The van der Waals surface area contributed by atoms with Gasteiger partial charge in [0.05, 0.1) is 17.1 Å². The molecule has 3 heteroatoms. The fourth-order valence-electron chi connectivity index (χ4n) is 1.05. The number of rotatable bonds is 5. The van der Waals surface area contributed by atoms with Gasteiger partial charge >= 0.3 is 0 Å². The second-order valence-corrected chi connectivity index (χ2v) is 3.75. The number of nitriles is 1. The Morgan fingerprint density at radius 3 is 2.79 bits per heavy atom. The van der Waals surface area contributed by atoms with E-state index in [4.69, 9.17) is 10.00 Å². The number of hydrogen-bond acceptors (Lipinski definition) is 2. The quantitative estimate of drug-likeness (QED) is 0.753. The molecule has 0 spiro atoms. The van der Waals surface area contributed by atoms with E-state index in [-0.39, 0.29) is 0 Å². The number of ether oxygens (including phenoxy) is 1. The predicted molar refractivity (Wildman–Crippen MR) is 59.1 cm³/mol. The Labute approximate surface area is 92.6 Å². The first-order valence-electron chi connectivity index (χ1n) is 4.59. The molecule has 0 unspecified atom stereocenters. The molecule has 0 N–H and O–H groups in total. The summed E-state index contributed by atoms with van der Waals surface area (Å²) < 4.78 is 6.50. The average molecular weight is 254 g/mol.